The van der Waals surface area contributed by atoms with E-state index < -0.39 is 0 Å². The molecule has 3 fully saturated rings. The van der Waals surface area contributed by atoms with E-state index in [0.717, 1.165) is 26.1 Å². The van der Waals surface area contributed by atoms with Crippen LogP contribution in [0.1, 0.15) is 39.0 Å². The van der Waals surface area contributed by atoms with E-state index in [1.165, 1.54) is 30.8 Å². The number of hydrazine groups is 1. The number of ether oxygens (including phenoxy) is 2. The van der Waals surface area contributed by atoms with Gasteiger partial charge in [-0.15, -0.1) is 0 Å². The van der Waals surface area contributed by atoms with E-state index in [0.29, 0.717) is 24.0 Å². The largest absolute Gasteiger partial charge is 0.378 e. The first-order valence-corrected chi connectivity index (χ1v) is 9.19. The minimum atomic E-state index is 0.145. The average Bonchev–Trinajstić information content (AvgIpc) is 2.87. The van der Waals surface area contributed by atoms with Gasteiger partial charge in [-0.25, -0.2) is 0 Å². The first-order chi connectivity index (χ1) is 9.74. The zero-order valence-corrected chi connectivity index (χ0v) is 13.3. The summed E-state index contributed by atoms with van der Waals surface area (Å²) in [6, 6.07) is 0.378. The van der Waals surface area contributed by atoms with Crippen LogP contribution in [0.15, 0.2) is 0 Å². The van der Waals surface area contributed by atoms with E-state index in [1.54, 1.807) is 0 Å². The minimum Gasteiger partial charge on any atom is -0.378 e. The Bertz CT molecular complexity index is 317. The van der Waals surface area contributed by atoms with Gasteiger partial charge in [0, 0.05) is 25.2 Å². The van der Waals surface area contributed by atoms with Crippen LogP contribution >= 0.6 is 11.8 Å². The molecular formula is C15H28N2O2S. The summed E-state index contributed by atoms with van der Waals surface area (Å²) in [7, 11) is 0. The Hall–Kier alpha value is 0.190. The molecule has 0 saturated carbocycles. The number of hydrogen-bond donors (Lipinski definition) is 2. The molecule has 0 aromatic rings. The number of nitrogens with two attached hydrogens (primary N) is 1. The highest BCUT2D eigenvalue weighted by atomic mass is 32.2. The molecule has 0 radical (unpaired) electrons. The summed E-state index contributed by atoms with van der Waals surface area (Å²) < 4.78 is 12.0. The van der Waals surface area contributed by atoms with Crippen molar-refractivity contribution in [3.05, 3.63) is 0 Å². The van der Waals surface area contributed by atoms with Crippen molar-refractivity contribution in [2.24, 2.45) is 17.7 Å². The maximum Gasteiger partial charge on any atom is 0.0701 e. The molecule has 3 aliphatic rings. The van der Waals surface area contributed by atoms with Gasteiger partial charge in [0.15, 0.2) is 0 Å². The molecule has 20 heavy (non-hydrogen) atoms. The van der Waals surface area contributed by atoms with E-state index in [2.05, 4.69) is 24.1 Å². The van der Waals surface area contributed by atoms with Crippen molar-refractivity contribution in [3.8, 4) is 0 Å². The Morgan fingerprint density at radius 1 is 1.25 bits per heavy atom. The quantitative estimate of drug-likeness (QED) is 0.616. The second-order valence-corrected chi connectivity index (χ2v) is 7.84. The summed E-state index contributed by atoms with van der Waals surface area (Å²) in [6.45, 7) is 3.97. The number of hydrogen-bond acceptors (Lipinski definition) is 5. The summed E-state index contributed by atoms with van der Waals surface area (Å²) in [5.74, 6) is 9.59. The highest BCUT2D eigenvalue weighted by Gasteiger charge is 2.44. The standard InChI is InChI=1S/C15H28N2O2S/c1-11-13(3-6-18-11)14(17-16)12-2-7-19-15(10-12)4-8-20-9-5-15/h11-14,17H,2-10,16H2,1H3. The molecule has 0 bridgehead atoms. The Labute approximate surface area is 126 Å². The zero-order valence-electron chi connectivity index (χ0n) is 12.5. The molecule has 1 spiro atoms. The van der Waals surface area contributed by atoms with Crippen LogP contribution in [0.2, 0.25) is 0 Å². The fourth-order valence-electron chi connectivity index (χ4n) is 4.29. The van der Waals surface area contributed by atoms with Crippen LogP contribution in [0.25, 0.3) is 0 Å². The molecule has 4 atom stereocenters. The van der Waals surface area contributed by atoms with Crippen molar-refractivity contribution in [3.63, 3.8) is 0 Å². The molecule has 0 aromatic heterocycles. The van der Waals surface area contributed by atoms with Gasteiger partial charge in [-0.2, -0.15) is 11.8 Å². The van der Waals surface area contributed by atoms with E-state index in [9.17, 15) is 0 Å². The second-order valence-electron chi connectivity index (χ2n) is 6.62. The van der Waals surface area contributed by atoms with Gasteiger partial charge in [0.25, 0.3) is 0 Å². The Balaban J connectivity index is 1.68. The summed E-state index contributed by atoms with van der Waals surface area (Å²) in [6.07, 6.45) is 6.19. The summed E-state index contributed by atoms with van der Waals surface area (Å²) >= 11 is 2.06. The third-order valence-electron chi connectivity index (χ3n) is 5.53. The smallest absolute Gasteiger partial charge is 0.0701 e. The lowest BCUT2D eigenvalue weighted by Gasteiger charge is -2.46. The summed E-state index contributed by atoms with van der Waals surface area (Å²) in [5.41, 5.74) is 3.27. The van der Waals surface area contributed by atoms with Crippen LogP contribution in [-0.2, 0) is 9.47 Å². The fraction of sp³-hybridized carbons (Fsp3) is 1.00. The third kappa shape index (κ3) is 3.02. The van der Waals surface area contributed by atoms with Gasteiger partial charge in [0.2, 0.25) is 0 Å². The number of thioether (sulfide) groups is 1. The van der Waals surface area contributed by atoms with Gasteiger partial charge in [0.05, 0.1) is 11.7 Å². The molecular weight excluding hydrogens is 272 g/mol. The second kappa shape index (κ2) is 6.53. The van der Waals surface area contributed by atoms with Gasteiger partial charge >= 0.3 is 0 Å². The number of nitrogens with one attached hydrogen (secondary N) is 1. The molecule has 5 heteroatoms. The molecule has 3 saturated heterocycles. The summed E-state index contributed by atoms with van der Waals surface area (Å²) in [5, 5.41) is 0. The topological polar surface area (TPSA) is 56.5 Å². The zero-order chi connectivity index (χ0) is 14.0. The fourth-order valence-corrected chi connectivity index (χ4v) is 5.53. The Kier molecular flexibility index (Phi) is 4.93. The maximum absolute atomic E-state index is 6.21. The van der Waals surface area contributed by atoms with Crippen LogP contribution in [0, 0.1) is 11.8 Å². The van der Waals surface area contributed by atoms with Gasteiger partial charge in [-0.05, 0) is 56.5 Å². The van der Waals surface area contributed by atoms with Crippen molar-refractivity contribution in [2.45, 2.75) is 56.8 Å². The minimum absolute atomic E-state index is 0.145. The molecule has 4 unspecified atom stereocenters. The SMILES string of the molecule is CC1OCCC1C(NN)C1CCOC2(CCSCC2)C1. The van der Waals surface area contributed by atoms with E-state index >= 15 is 0 Å². The van der Waals surface area contributed by atoms with Crippen LogP contribution in [0.4, 0.5) is 0 Å². The molecule has 3 aliphatic heterocycles. The van der Waals surface area contributed by atoms with Gasteiger partial charge < -0.3 is 9.47 Å². The monoisotopic (exact) mass is 300 g/mol. The van der Waals surface area contributed by atoms with Crippen LogP contribution in [0.5, 0.6) is 0 Å². The lowest BCUT2D eigenvalue weighted by atomic mass is 9.74. The lowest BCUT2D eigenvalue weighted by molar-refractivity contribution is -0.111. The molecule has 3 heterocycles. The van der Waals surface area contributed by atoms with Gasteiger partial charge in [0.1, 0.15) is 0 Å². The van der Waals surface area contributed by atoms with E-state index in [1.807, 2.05) is 0 Å². The first-order valence-electron chi connectivity index (χ1n) is 8.03. The van der Waals surface area contributed by atoms with Gasteiger partial charge in [-0.3, -0.25) is 11.3 Å². The highest BCUT2D eigenvalue weighted by molar-refractivity contribution is 7.99. The normalized spacial score (nSPS) is 39.0. The Morgan fingerprint density at radius 2 is 2.05 bits per heavy atom. The predicted molar refractivity (Wildman–Crippen MR) is 82.6 cm³/mol. The highest BCUT2D eigenvalue weighted by Crippen LogP contribution is 2.42. The third-order valence-corrected chi connectivity index (χ3v) is 6.52. The van der Waals surface area contributed by atoms with E-state index in [4.69, 9.17) is 15.3 Å². The van der Waals surface area contributed by atoms with Crippen molar-refractivity contribution in [2.75, 3.05) is 24.7 Å². The molecule has 0 aliphatic carbocycles. The summed E-state index contributed by atoms with van der Waals surface area (Å²) in [4.78, 5) is 0. The lowest BCUT2D eigenvalue weighted by Crippen LogP contribution is -2.53. The van der Waals surface area contributed by atoms with Gasteiger partial charge in [-0.1, -0.05) is 0 Å². The molecule has 3 N–H and O–H groups in total. The molecule has 4 nitrogen and oxygen atoms in total. The molecule has 0 aromatic carbocycles. The van der Waals surface area contributed by atoms with Crippen molar-refractivity contribution >= 4 is 11.8 Å². The Morgan fingerprint density at radius 3 is 2.70 bits per heavy atom. The number of rotatable bonds is 3. The molecule has 116 valence electrons. The van der Waals surface area contributed by atoms with Crippen molar-refractivity contribution in [1.82, 2.24) is 5.43 Å². The molecule has 3 rings (SSSR count). The van der Waals surface area contributed by atoms with Crippen LogP contribution < -0.4 is 11.3 Å². The van der Waals surface area contributed by atoms with Crippen LogP contribution in [-0.4, -0.2) is 42.5 Å². The van der Waals surface area contributed by atoms with Crippen molar-refractivity contribution < 1.29 is 9.47 Å². The van der Waals surface area contributed by atoms with E-state index in [-0.39, 0.29) is 5.60 Å². The van der Waals surface area contributed by atoms with Crippen LogP contribution in [0.3, 0.4) is 0 Å². The average molecular weight is 300 g/mol. The van der Waals surface area contributed by atoms with Crippen molar-refractivity contribution in [1.29, 1.82) is 0 Å². The first kappa shape index (κ1) is 15.1. The molecule has 0 amide bonds. The maximum atomic E-state index is 6.21. The predicted octanol–water partition coefficient (Wildman–Crippen LogP) is 1.94.